The molecule has 0 aliphatic rings. The molecule has 4 nitrogen and oxygen atoms in total. The highest BCUT2D eigenvalue weighted by Gasteiger charge is 2.08. The summed E-state index contributed by atoms with van der Waals surface area (Å²) < 4.78 is 12.9. The van der Waals surface area contributed by atoms with Gasteiger partial charge in [-0.05, 0) is 6.07 Å². The lowest BCUT2D eigenvalue weighted by atomic mass is 10.3. The molecule has 2 aromatic heterocycles. The van der Waals surface area contributed by atoms with E-state index in [1.807, 2.05) is 0 Å². The summed E-state index contributed by atoms with van der Waals surface area (Å²) in [7, 11) is 0. The Bertz CT molecular complexity index is 527. The van der Waals surface area contributed by atoms with Gasteiger partial charge in [-0.25, -0.2) is 9.37 Å². The Morgan fingerprint density at radius 3 is 3.00 bits per heavy atom. The normalized spacial score (nSPS) is 10.3. The molecule has 16 heavy (non-hydrogen) atoms. The Morgan fingerprint density at radius 2 is 2.31 bits per heavy atom. The Labute approximate surface area is 94.4 Å². The number of carboxylic acid groups (broad SMARTS) is 1. The minimum atomic E-state index is -0.936. The first-order valence-corrected chi connectivity index (χ1v) is 5.30. The molecular weight excluding hydrogens is 231 g/mol. The molecule has 0 fully saturated rings. The largest absolute Gasteiger partial charge is 0.481 e. The van der Waals surface area contributed by atoms with Crippen LogP contribution < -0.4 is 0 Å². The number of hydrogen-bond acceptors (Lipinski definition) is 4. The molecule has 0 atom stereocenters. The first-order chi connectivity index (χ1) is 7.65. The first kappa shape index (κ1) is 10.7. The van der Waals surface area contributed by atoms with Gasteiger partial charge < -0.3 is 5.11 Å². The molecule has 0 amide bonds. The average Bonchev–Trinajstić information content (AvgIpc) is 2.65. The fraction of sp³-hybridized carbons (Fsp3) is 0.100. The Balaban J connectivity index is 2.28. The van der Waals surface area contributed by atoms with Gasteiger partial charge in [0.2, 0.25) is 0 Å². The van der Waals surface area contributed by atoms with Crippen molar-refractivity contribution in [3.63, 3.8) is 0 Å². The molecule has 0 saturated carbocycles. The van der Waals surface area contributed by atoms with E-state index in [0.717, 1.165) is 6.20 Å². The van der Waals surface area contributed by atoms with Crippen LogP contribution in [0.4, 0.5) is 4.39 Å². The van der Waals surface area contributed by atoms with E-state index in [1.54, 1.807) is 5.38 Å². The number of carboxylic acids is 1. The molecule has 0 aliphatic heterocycles. The number of aliphatic carboxylic acids is 1. The lowest BCUT2D eigenvalue weighted by molar-refractivity contribution is -0.136. The van der Waals surface area contributed by atoms with Crippen molar-refractivity contribution < 1.29 is 14.3 Å². The zero-order valence-electron chi connectivity index (χ0n) is 8.05. The number of rotatable bonds is 3. The number of nitrogens with zero attached hydrogens (tertiary/aromatic N) is 2. The van der Waals surface area contributed by atoms with Crippen LogP contribution >= 0.6 is 11.3 Å². The Kier molecular flexibility index (Phi) is 2.91. The minimum absolute atomic E-state index is 0.126. The molecule has 0 saturated heterocycles. The number of carbonyl (C=O) groups is 1. The molecule has 0 spiro atoms. The van der Waals surface area contributed by atoms with Crippen LogP contribution in [0.1, 0.15) is 5.69 Å². The van der Waals surface area contributed by atoms with Crippen LogP contribution in [0, 0.1) is 5.82 Å². The second-order valence-corrected chi connectivity index (χ2v) is 3.96. The van der Waals surface area contributed by atoms with E-state index >= 15 is 0 Å². The highest BCUT2D eigenvalue weighted by molar-refractivity contribution is 7.13. The smallest absolute Gasteiger partial charge is 0.309 e. The summed E-state index contributed by atoms with van der Waals surface area (Å²) in [6.45, 7) is 0. The highest BCUT2D eigenvalue weighted by Crippen LogP contribution is 2.23. The fourth-order valence-electron chi connectivity index (χ4n) is 1.20. The van der Waals surface area contributed by atoms with Crippen LogP contribution in [0.25, 0.3) is 10.6 Å². The third-order valence-corrected chi connectivity index (χ3v) is 2.78. The predicted octanol–water partition coefficient (Wildman–Crippen LogP) is 1.97. The standard InChI is InChI=1S/C10H7FN2O2S/c11-7-1-6(3-12-4-7)10-13-8(5-16-10)2-9(14)15/h1,3-5H,2H2,(H,14,15). The molecule has 2 aromatic rings. The van der Waals surface area contributed by atoms with Crippen molar-refractivity contribution in [3.8, 4) is 10.6 Å². The lowest BCUT2D eigenvalue weighted by Gasteiger charge is -1.94. The summed E-state index contributed by atoms with van der Waals surface area (Å²) >= 11 is 1.27. The monoisotopic (exact) mass is 238 g/mol. The van der Waals surface area contributed by atoms with Crippen molar-refractivity contribution in [3.05, 3.63) is 35.4 Å². The summed E-state index contributed by atoms with van der Waals surface area (Å²) in [5.41, 5.74) is 1.03. The third-order valence-electron chi connectivity index (χ3n) is 1.84. The van der Waals surface area contributed by atoms with Gasteiger partial charge in [-0.1, -0.05) is 0 Å². The van der Waals surface area contributed by atoms with Crippen LogP contribution in [0.3, 0.4) is 0 Å². The van der Waals surface area contributed by atoms with Crippen molar-refractivity contribution in [1.82, 2.24) is 9.97 Å². The van der Waals surface area contributed by atoms with E-state index in [9.17, 15) is 9.18 Å². The van der Waals surface area contributed by atoms with Crippen molar-refractivity contribution >= 4 is 17.3 Å². The number of aromatic nitrogens is 2. The van der Waals surface area contributed by atoms with Gasteiger partial charge in [-0.3, -0.25) is 9.78 Å². The number of hydrogen-bond donors (Lipinski definition) is 1. The summed E-state index contributed by atoms with van der Waals surface area (Å²) in [5.74, 6) is -1.37. The van der Waals surface area contributed by atoms with Gasteiger partial charge in [-0.15, -0.1) is 11.3 Å². The van der Waals surface area contributed by atoms with E-state index in [4.69, 9.17) is 5.11 Å². The van der Waals surface area contributed by atoms with Gasteiger partial charge in [0, 0.05) is 17.1 Å². The van der Waals surface area contributed by atoms with Crippen LogP contribution in [0.15, 0.2) is 23.8 Å². The van der Waals surface area contributed by atoms with E-state index in [2.05, 4.69) is 9.97 Å². The maximum atomic E-state index is 12.9. The molecule has 6 heteroatoms. The lowest BCUT2D eigenvalue weighted by Crippen LogP contribution is -1.99. The average molecular weight is 238 g/mol. The molecule has 0 radical (unpaired) electrons. The fourth-order valence-corrected chi connectivity index (χ4v) is 2.01. The highest BCUT2D eigenvalue weighted by atomic mass is 32.1. The van der Waals surface area contributed by atoms with Crippen molar-refractivity contribution in [1.29, 1.82) is 0 Å². The second kappa shape index (κ2) is 4.36. The predicted molar refractivity (Wildman–Crippen MR) is 56.6 cm³/mol. The van der Waals surface area contributed by atoms with E-state index in [0.29, 0.717) is 16.3 Å². The van der Waals surface area contributed by atoms with Crippen LogP contribution in [0.5, 0.6) is 0 Å². The van der Waals surface area contributed by atoms with E-state index in [-0.39, 0.29) is 6.42 Å². The molecular formula is C10H7FN2O2S. The van der Waals surface area contributed by atoms with Gasteiger partial charge in [0.15, 0.2) is 0 Å². The van der Waals surface area contributed by atoms with Gasteiger partial charge in [-0.2, -0.15) is 0 Å². The maximum Gasteiger partial charge on any atom is 0.309 e. The zero-order valence-corrected chi connectivity index (χ0v) is 8.87. The van der Waals surface area contributed by atoms with E-state index < -0.39 is 11.8 Å². The summed E-state index contributed by atoms with van der Waals surface area (Å²) in [6.07, 6.45) is 2.47. The van der Waals surface area contributed by atoms with Gasteiger partial charge in [0.25, 0.3) is 0 Å². The summed E-state index contributed by atoms with van der Waals surface area (Å²) in [6, 6.07) is 1.32. The van der Waals surface area contributed by atoms with Gasteiger partial charge in [0.05, 0.1) is 18.3 Å². The Morgan fingerprint density at radius 1 is 1.50 bits per heavy atom. The van der Waals surface area contributed by atoms with E-state index in [1.165, 1.54) is 23.6 Å². The van der Waals surface area contributed by atoms with Gasteiger partial charge >= 0.3 is 5.97 Å². The topological polar surface area (TPSA) is 63.1 Å². The summed E-state index contributed by atoms with van der Waals surface area (Å²) in [4.78, 5) is 18.3. The van der Waals surface area contributed by atoms with Gasteiger partial charge in [0.1, 0.15) is 10.8 Å². The molecule has 0 aliphatic carbocycles. The number of halogens is 1. The zero-order chi connectivity index (χ0) is 11.5. The third kappa shape index (κ3) is 2.40. The first-order valence-electron chi connectivity index (χ1n) is 4.42. The molecule has 0 bridgehead atoms. The number of thiazole rings is 1. The molecule has 0 aromatic carbocycles. The molecule has 2 heterocycles. The molecule has 0 unspecified atom stereocenters. The molecule has 2 rings (SSSR count). The molecule has 82 valence electrons. The van der Waals surface area contributed by atoms with Crippen LogP contribution in [-0.2, 0) is 11.2 Å². The van der Waals surface area contributed by atoms with Crippen molar-refractivity contribution in [2.75, 3.05) is 0 Å². The number of pyridine rings is 1. The second-order valence-electron chi connectivity index (χ2n) is 3.11. The van der Waals surface area contributed by atoms with Crippen LogP contribution in [-0.4, -0.2) is 21.0 Å². The quantitative estimate of drug-likeness (QED) is 0.888. The van der Waals surface area contributed by atoms with Crippen molar-refractivity contribution in [2.45, 2.75) is 6.42 Å². The maximum absolute atomic E-state index is 12.9. The SMILES string of the molecule is O=C(O)Cc1csc(-c2cncc(F)c2)n1. The summed E-state index contributed by atoms with van der Waals surface area (Å²) in [5, 5.41) is 10.8. The van der Waals surface area contributed by atoms with Crippen LogP contribution in [0.2, 0.25) is 0 Å². The molecule has 1 N–H and O–H groups in total. The minimum Gasteiger partial charge on any atom is -0.481 e. The Hall–Kier alpha value is -1.82. The van der Waals surface area contributed by atoms with Crippen molar-refractivity contribution in [2.24, 2.45) is 0 Å².